The Balaban J connectivity index is 4.23. The van der Waals surface area contributed by atoms with Crippen LogP contribution in [-0.4, -0.2) is 52.3 Å². The van der Waals surface area contributed by atoms with Crippen LogP contribution in [0.5, 0.6) is 0 Å². The summed E-state index contributed by atoms with van der Waals surface area (Å²) in [6, 6.07) is -1.91. The molecule has 9 nitrogen and oxygen atoms in total. The second-order valence-corrected chi connectivity index (χ2v) is 4.37. The zero-order chi connectivity index (χ0) is 16.4. The number of aldehydes is 1. The van der Waals surface area contributed by atoms with Gasteiger partial charge in [-0.3, -0.25) is 19.2 Å². The monoisotopic (exact) mass is 302 g/mol. The van der Waals surface area contributed by atoms with Crippen LogP contribution in [-0.2, 0) is 24.0 Å². The molecule has 0 aliphatic carbocycles. The number of amides is 2. The van der Waals surface area contributed by atoms with E-state index in [4.69, 9.17) is 10.2 Å². The lowest BCUT2D eigenvalue weighted by atomic mass is 10.1. The van der Waals surface area contributed by atoms with Crippen molar-refractivity contribution in [3.05, 3.63) is 0 Å². The predicted octanol–water partition coefficient (Wildman–Crippen LogP) is -1.10. The lowest BCUT2D eigenvalue weighted by Crippen LogP contribution is -2.48. The van der Waals surface area contributed by atoms with Crippen molar-refractivity contribution in [1.29, 1.82) is 0 Å². The highest BCUT2D eigenvalue weighted by molar-refractivity contribution is 5.89. The van der Waals surface area contributed by atoms with Crippen molar-refractivity contribution < 1.29 is 34.2 Å². The predicted molar refractivity (Wildman–Crippen MR) is 69.3 cm³/mol. The molecule has 0 aromatic carbocycles. The molecule has 0 radical (unpaired) electrons. The summed E-state index contributed by atoms with van der Waals surface area (Å²) in [7, 11) is 0. The summed E-state index contributed by atoms with van der Waals surface area (Å²) in [5.41, 5.74) is 0. The summed E-state index contributed by atoms with van der Waals surface area (Å²) in [5, 5.41) is 21.5. The Morgan fingerprint density at radius 2 is 1.57 bits per heavy atom. The third kappa shape index (κ3) is 9.14. The fourth-order valence-electron chi connectivity index (χ4n) is 1.36. The Kier molecular flexibility index (Phi) is 8.35. The summed E-state index contributed by atoms with van der Waals surface area (Å²) < 4.78 is 0. The number of carbonyl (C=O) groups excluding carboxylic acids is 3. The number of carbonyl (C=O) groups is 5. The first-order valence-corrected chi connectivity index (χ1v) is 6.25. The van der Waals surface area contributed by atoms with Crippen LogP contribution >= 0.6 is 0 Å². The topological polar surface area (TPSA) is 150 Å². The summed E-state index contributed by atoms with van der Waals surface area (Å²) in [6.07, 6.45) is -0.522. The Bertz CT molecular complexity index is 422. The van der Waals surface area contributed by atoms with Crippen LogP contribution in [0.3, 0.4) is 0 Å². The SMILES string of the molecule is C[C@H](NC(=O)CCC(=O)O)C(=O)N[C@H](C=O)CCC(=O)O. The second-order valence-electron chi connectivity index (χ2n) is 4.37. The summed E-state index contributed by atoms with van der Waals surface area (Å²) >= 11 is 0. The van der Waals surface area contributed by atoms with Gasteiger partial charge in [0.2, 0.25) is 11.8 Å². The van der Waals surface area contributed by atoms with E-state index in [9.17, 15) is 24.0 Å². The van der Waals surface area contributed by atoms with E-state index in [2.05, 4.69) is 10.6 Å². The summed E-state index contributed by atoms with van der Waals surface area (Å²) in [5.74, 6) is -3.47. The van der Waals surface area contributed by atoms with Crippen molar-refractivity contribution in [1.82, 2.24) is 10.6 Å². The first kappa shape index (κ1) is 18.6. The van der Waals surface area contributed by atoms with Gasteiger partial charge in [-0.1, -0.05) is 0 Å². The molecule has 0 bridgehead atoms. The number of rotatable bonds is 10. The zero-order valence-corrected chi connectivity index (χ0v) is 11.5. The van der Waals surface area contributed by atoms with Crippen LogP contribution in [0.2, 0.25) is 0 Å². The Labute approximate surface area is 120 Å². The fourth-order valence-corrected chi connectivity index (χ4v) is 1.36. The van der Waals surface area contributed by atoms with Crippen molar-refractivity contribution in [3.63, 3.8) is 0 Å². The van der Waals surface area contributed by atoms with E-state index in [1.165, 1.54) is 6.92 Å². The van der Waals surface area contributed by atoms with Gasteiger partial charge in [0.05, 0.1) is 12.5 Å². The Morgan fingerprint density at radius 1 is 1.00 bits per heavy atom. The smallest absolute Gasteiger partial charge is 0.303 e. The highest BCUT2D eigenvalue weighted by atomic mass is 16.4. The minimum Gasteiger partial charge on any atom is -0.481 e. The van der Waals surface area contributed by atoms with E-state index in [-0.39, 0.29) is 25.7 Å². The minimum atomic E-state index is -1.13. The van der Waals surface area contributed by atoms with Crippen LogP contribution < -0.4 is 10.6 Å². The number of nitrogens with one attached hydrogen (secondary N) is 2. The number of carboxylic acid groups (broad SMARTS) is 2. The molecule has 0 unspecified atom stereocenters. The van der Waals surface area contributed by atoms with Gasteiger partial charge in [-0.2, -0.15) is 0 Å². The van der Waals surface area contributed by atoms with Gasteiger partial charge in [-0.15, -0.1) is 0 Å². The number of hydrogen-bond acceptors (Lipinski definition) is 5. The van der Waals surface area contributed by atoms with Crippen molar-refractivity contribution in [2.45, 2.75) is 44.7 Å². The molecule has 118 valence electrons. The van der Waals surface area contributed by atoms with E-state index in [1.807, 2.05) is 0 Å². The van der Waals surface area contributed by atoms with Gasteiger partial charge < -0.3 is 25.6 Å². The lowest BCUT2D eigenvalue weighted by Gasteiger charge is -2.17. The number of aliphatic carboxylic acids is 2. The quantitative estimate of drug-likeness (QED) is 0.374. The lowest BCUT2D eigenvalue weighted by molar-refractivity contribution is -0.139. The standard InChI is InChI=1S/C12H18N2O7/c1-7(13-9(16)3-5-11(19)20)12(21)14-8(6-15)2-4-10(17)18/h6-8H,2-5H2,1H3,(H,13,16)(H,14,21)(H,17,18)(H,19,20)/t7-,8-/m0/s1. The summed E-state index contributed by atoms with van der Waals surface area (Å²) in [4.78, 5) is 54.4. The van der Waals surface area contributed by atoms with Gasteiger partial charge in [0.25, 0.3) is 0 Å². The first-order valence-electron chi connectivity index (χ1n) is 6.25. The fraction of sp³-hybridized carbons (Fsp3) is 0.583. The average Bonchev–Trinajstić information content (AvgIpc) is 2.40. The van der Waals surface area contributed by atoms with Crippen LogP contribution in [0.25, 0.3) is 0 Å². The third-order valence-electron chi connectivity index (χ3n) is 2.50. The molecule has 0 spiro atoms. The van der Waals surface area contributed by atoms with E-state index in [0.29, 0.717) is 6.29 Å². The molecule has 21 heavy (non-hydrogen) atoms. The molecule has 0 heterocycles. The molecule has 9 heteroatoms. The highest BCUT2D eigenvalue weighted by Crippen LogP contribution is 1.97. The molecular weight excluding hydrogens is 284 g/mol. The Morgan fingerprint density at radius 3 is 2.05 bits per heavy atom. The average molecular weight is 302 g/mol. The van der Waals surface area contributed by atoms with Crippen LogP contribution in [0.4, 0.5) is 0 Å². The van der Waals surface area contributed by atoms with E-state index in [1.54, 1.807) is 0 Å². The first-order chi connectivity index (χ1) is 9.76. The van der Waals surface area contributed by atoms with Gasteiger partial charge in [0.1, 0.15) is 12.3 Å². The van der Waals surface area contributed by atoms with E-state index >= 15 is 0 Å². The maximum absolute atomic E-state index is 11.7. The minimum absolute atomic E-state index is 0.0513. The van der Waals surface area contributed by atoms with Crippen molar-refractivity contribution in [3.8, 4) is 0 Å². The maximum Gasteiger partial charge on any atom is 0.303 e. The Hall–Kier alpha value is -2.45. The van der Waals surface area contributed by atoms with Gasteiger partial charge in [-0.25, -0.2) is 0 Å². The molecule has 0 aromatic heterocycles. The normalized spacial score (nSPS) is 12.8. The van der Waals surface area contributed by atoms with Crippen LogP contribution in [0.1, 0.15) is 32.6 Å². The molecule has 2 atom stereocenters. The van der Waals surface area contributed by atoms with Gasteiger partial charge >= 0.3 is 11.9 Å². The van der Waals surface area contributed by atoms with Crippen LogP contribution in [0.15, 0.2) is 0 Å². The second kappa shape index (κ2) is 9.45. The van der Waals surface area contributed by atoms with Gasteiger partial charge in [0.15, 0.2) is 0 Å². The molecule has 0 aliphatic heterocycles. The summed E-state index contributed by atoms with van der Waals surface area (Å²) in [6.45, 7) is 1.37. The molecule has 4 N–H and O–H groups in total. The highest BCUT2D eigenvalue weighted by Gasteiger charge is 2.19. The van der Waals surface area contributed by atoms with E-state index < -0.39 is 35.8 Å². The van der Waals surface area contributed by atoms with Gasteiger partial charge in [-0.05, 0) is 13.3 Å². The van der Waals surface area contributed by atoms with Crippen molar-refractivity contribution in [2.24, 2.45) is 0 Å². The molecule has 0 fully saturated rings. The molecular formula is C12H18N2O7. The zero-order valence-electron chi connectivity index (χ0n) is 11.5. The molecule has 0 aromatic rings. The molecule has 2 amide bonds. The maximum atomic E-state index is 11.7. The van der Waals surface area contributed by atoms with E-state index in [0.717, 1.165) is 0 Å². The molecule has 0 rings (SSSR count). The third-order valence-corrected chi connectivity index (χ3v) is 2.50. The van der Waals surface area contributed by atoms with Crippen molar-refractivity contribution >= 4 is 30.0 Å². The molecule has 0 aliphatic rings. The van der Waals surface area contributed by atoms with Crippen LogP contribution in [0, 0.1) is 0 Å². The number of carboxylic acids is 2. The molecule has 0 saturated carbocycles. The van der Waals surface area contributed by atoms with Gasteiger partial charge in [0, 0.05) is 12.8 Å². The largest absolute Gasteiger partial charge is 0.481 e. The number of hydrogen-bond donors (Lipinski definition) is 4. The van der Waals surface area contributed by atoms with Crippen molar-refractivity contribution in [2.75, 3.05) is 0 Å². The molecule has 0 saturated heterocycles.